The molecule has 1 aromatic rings. The van der Waals surface area contributed by atoms with Crippen LogP contribution in [0.15, 0.2) is 18.2 Å². The predicted octanol–water partition coefficient (Wildman–Crippen LogP) is 2.46. The Hall–Kier alpha value is -0.820. The van der Waals surface area contributed by atoms with E-state index in [1.807, 2.05) is 0 Å². The van der Waals surface area contributed by atoms with Crippen LogP contribution in [0.2, 0.25) is 0 Å². The van der Waals surface area contributed by atoms with Gasteiger partial charge < -0.3 is 5.73 Å². The smallest absolute Gasteiger partial charge is 0.00509 e. The average molecular weight is 189 g/mol. The molecule has 0 radical (unpaired) electrons. The molecule has 0 spiro atoms. The number of aryl methyl sites for hydroxylation is 2. The maximum absolute atomic E-state index is 5.80. The summed E-state index contributed by atoms with van der Waals surface area (Å²) in [5.41, 5.74) is 10.3. The van der Waals surface area contributed by atoms with E-state index in [9.17, 15) is 0 Å². The van der Waals surface area contributed by atoms with Gasteiger partial charge in [-0.25, -0.2) is 0 Å². The molecule has 1 aromatic carbocycles. The summed E-state index contributed by atoms with van der Waals surface area (Å²) >= 11 is 0. The molecule has 0 bridgehead atoms. The van der Waals surface area contributed by atoms with E-state index < -0.39 is 0 Å². The first-order chi connectivity index (χ1) is 6.75. The van der Waals surface area contributed by atoms with Gasteiger partial charge in [-0.1, -0.05) is 18.2 Å². The van der Waals surface area contributed by atoms with Gasteiger partial charge in [-0.2, -0.15) is 0 Å². The Bertz CT molecular complexity index is 315. The van der Waals surface area contributed by atoms with Gasteiger partial charge >= 0.3 is 0 Å². The quantitative estimate of drug-likeness (QED) is 0.760. The third kappa shape index (κ3) is 2.16. The molecule has 1 nitrogen and oxygen atoms in total. The Balaban J connectivity index is 2.20. The van der Waals surface area contributed by atoms with E-state index in [1.165, 1.54) is 31.2 Å². The largest absolute Gasteiger partial charge is 0.328 e. The molecule has 0 aliphatic heterocycles. The maximum Gasteiger partial charge on any atom is 0.00509 e. The molecule has 1 heteroatoms. The molecule has 0 saturated carbocycles. The standard InChI is InChI=1S/C13H19N/c1-10(14)8-11-6-7-12-4-2-3-5-13(12)9-11/h6-7,9-10H,2-5,8,14H2,1H3/t10-/m0/s1. The summed E-state index contributed by atoms with van der Waals surface area (Å²) in [6.07, 6.45) is 6.26. The molecule has 0 saturated heterocycles. The zero-order valence-electron chi connectivity index (χ0n) is 8.92. The first kappa shape index (κ1) is 9.72. The van der Waals surface area contributed by atoms with Crippen molar-refractivity contribution in [2.45, 2.75) is 45.1 Å². The van der Waals surface area contributed by atoms with Crippen molar-refractivity contribution in [2.24, 2.45) is 5.73 Å². The molecule has 0 amide bonds. The molecule has 1 aliphatic rings. The molecule has 2 N–H and O–H groups in total. The monoisotopic (exact) mass is 189 g/mol. The zero-order chi connectivity index (χ0) is 9.97. The minimum atomic E-state index is 0.275. The third-order valence-electron chi connectivity index (χ3n) is 2.97. The van der Waals surface area contributed by atoms with Crippen LogP contribution in [-0.4, -0.2) is 6.04 Å². The Labute approximate surface area is 86.3 Å². The van der Waals surface area contributed by atoms with Gasteiger partial charge in [-0.15, -0.1) is 0 Å². The fraction of sp³-hybridized carbons (Fsp3) is 0.538. The molecular weight excluding hydrogens is 170 g/mol. The minimum absolute atomic E-state index is 0.275. The van der Waals surface area contributed by atoms with Gasteiger partial charge in [0.25, 0.3) is 0 Å². The SMILES string of the molecule is C[C@H](N)Cc1ccc2c(c1)CCCC2. The molecule has 0 heterocycles. The summed E-state index contributed by atoms with van der Waals surface area (Å²) in [6, 6.07) is 7.18. The second kappa shape index (κ2) is 4.14. The van der Waals surface area contributed by atoms with E-state index in [1.54, 1.807) is 11.1 Å². The Morgan fingerprint density at radius 1 is 1.21 bits per heavy atom. The summed E-state index contributed by atoms with van der Waals surface area (Å²) < 4.78 is 0. The predicted molar refractivity (Wildman–Crippen MR) is 60.4 cm³/mol. The topological polar surface area (TPSA) is 26.0 Å². The summed E-state index contributed by atoms with van der Waals surface area (Å²) in [7, 11) is 0. The lowest BCUT2D eigenvalue weighted by molar-refractivity contribution is 0.680. The fourth-order valence-electron chi connectivity index (χ4n) is 2.29. The number of rotatable bonds is 2. The number of hydrogen-bond acceptors (Lipinski definition) is 1. The van der Waals surface area contributed by atoms with Crippen molar-refractivity contribution in [3.05, 3.63) is 34.9 Å². The van der Waals surface area contributed by atoms with Gasteiger partial charge in [-0.3, -0.25) is 0 Å². The highest BCUT2D eigenvalue weighted by molar-refractivity contribution is 5.34. The van der Waals surface area contributed by atoms with Gasteiger partial charge in [0.05, 0.1) is 0 Å². The van der Waals surface area contributed by atoms with E-state index in [4.69, 9.17) is 5.73 Å². The van der Waals surface area contributed by atoms with Gasteiger partial charge in [0.15, 0.2) is 0 Å². The van der Waals surface area contributed by atoms with Crippen molar-refractivity contribution in [1.29, 1.82) is 0 Å². The van der Waals surface area contributed by atoms with Crippen LogP contribution in [0.25, 0.3) is 0 Å². The van der Waals surface area contributed by atoms with Crippen molar-refractivity contribution in [3.63, 3.8) is 0 Å². The fourth-order valence-corrected chi connectivity index (χ4v) is 2.29. The van der Waals surface area contributed by atoms with Crippen molar-refractivity contribution in [1.82, 2.24) is 0 Å². The van der Waals surface area contributed by atoms with Crippen molar-refractivity contribution >= 4 is 0 Å². The third-order valence-corrected chi connectivity index (χ3v) is 2.97. The molecule has 2 rings (SSSR count). The van der Waals surface area contributed by atoms with Gasteiger partial charge in [0.1, 0.15) is 0 Å². The lowest BCUT2D eigenvalue weighted by Crippen LogP contribution is -2.18. The van der Waals surface area contributed by atoms with E-state index in [0.717, 1.165) is 6.42 Å². The number of nitrogens with two attached hydrogens (primary N) is 1. The summed E-state index contributed by atoms with van der Waals surface area (Å²) in [6.45, 7) is 2.07. The van der Waals surface area contributed by atoms with Gasteiger partial charge in [0, 0.05) is 6.04 Å². The summed E-state index contributed by atoms with van der Waals surface area (Å²) in [4.78, 5) is 0. The van der Waals surface area contributed by atoms with Crippen LogP contribution in [0.1, 0.15) is 36.5 Å². The molecule has 0 fully saturated rings. The van der Waals surface area contributed by atoms with Crippen LogP contribution >= 0.6 is 0 Å². The van der Waals surface area contributed by atoms with Crippen LogP contribution < -0.4 is 5.73 Å². The Kier molecular flexibility index (Phi) is 2.87. The Morgan fingerprint density at radius 2 is 1.93 bits per heavy atom. The van der Waals surface area contributed by atoms with E-state index in [2.05, 4.69) is 25.1 Å². The normalized spacial score (nSPS) is 17.6. The zero-order valence-corrected chi connectivity index (χ0v) is 8.92. The number of hydrogen-bond donors (Lipinski definition) is 1. The van der Waals surface area contributed by atoms with Crippen LogP contribution in [-0.2, 0) is 19.3 Å². The molecule has 1 atom stereocenters. The Morgan fingerprint density at radius 3 is 2.64 bits per heavy atom. The second-order valence-electron chi connectivity index (χ2n) is 4.49. The highest BCUT2D eigenvalue weighted by Crippen LogP contribution is 2.22. The maximum atomic E-state index is 5.80. The van der Waals surface area contributed by atoms with Crippen LogP contribution in [0.3, 0.4) is 0 Å². The lowest BCUT2D eigenvalue weighted by atomic mass is 9.89. The highest BCUT2D eigenvalue weighted by Gasteiger charge is 2.09. The van der Waals surface area contributed by atoms with Crippen molar-refractivity contribution in [3.8, 4) is 0 Å². The first-order valence-electron chi connectivity index (χ1n) is 5.62. The van der Waals surface area contributed by atoms with E-state index in [-0.39, 0.29) is 6.04 Å². The molecule has 0 unspecified atom stereocenters. The molecule has 0 aromatic heterocycles. The van der Waals surface area contributed by atoms with E-state index in [0.29, 0.717) is 0 Å². The highest BCUT2D eigenvalue weighted by atomic mass is 14.6. The van der Waals surface area contributed by atoms with E-state index >= 15 is 0 Å². The molecule has 76 valence electrons. The first-order valence-corrected chi connectivity index (χ1v) is 5.62. The molecule has 1 aliphatic carbocycles. The van der Waals surface area contributed by atoms with Gasteiger partial charge in [0.2, 0.25) is 0 Å². The van der Waals surface area contributed by atoms with Crippen LogP contribution in [0.5, 0.6) is 0 Å². The summed E-state index contributed by atoms with van der Waals surface area (Å²) in [5, 5.41) is 0. The number of benzene rings is 1. The molecule has 14 heavy (non-hydrogen) atoms. The summed E-state index contributed by atoms with van der Waals surface area (Å²) in [5.74, 6) is 0. The lowest BCUT2D eigenvalue weighted by Gasteiger charge is -2.17. The van der Waals surface area contributed by atoms with Crippen LogP contribution in [0.4, 0.5) is 0 Å². The number of fused-ring (bicyclic) bond motifs is 1. The van der Waals surface area contributed by atoms with Crippen LogP contribution in [0, 0.1) is 0 Å². The van der Waals surface area contributed by atoms with Crippen molar-refractivity contribution in [2.75, 3.05) is 0 Å². The average Bonchev–Trinajstić information content (AvgIpc) is 2.17. The van der Waals surface area contributed by atoms with Crippen molar-refractivity contribution < 1.29 is 0 Å². The van der Waals surface area contributed by atoms with Gasteiger partial charge in [-0.05, 0) is 55.7 Å². The molecular formula is C13H19N. The minimum Gasteiger partial charge on any atom is -0.328 e. The second-order valence-corrected chi connectivity index (χ2v) is 4.49.